The Labute approximate surface area is 142 Å². The monoisotopic (exact) mass is 336 g/mol. The molecule has 1 fully saturated rings. The Morgan fingerprint density at radius 1 is 1.13 bits per heavy atom. The van der Waals surface area contributed by atoms with Crippen LogP contribution in [0.25, 0.3) is 0 Å². The average molecular weight is 337 g/mol. The van der Waals surface area contributed by atoms with Crippen LogP contribution in [0.1, 0.15) is 45.6 Å². The van der Waals surface area contributed by atoms with E-state index < -0.39 is 8.32 Å². The highest BCUT2D eigenvalue weighted by Gasteiger charge is 2.38. The standard InChI is InChI=1S/C19H32O3Si/c1-19(2,3)23(4,5)22-17-11-9-16(10-12-17)13-15-21-18-8-6-7-14-20-18/h9-12,18H,6-8,13-15H2,1-5H3. The van der Waals surface area contributed by atoms with Gasteiger partial charge in [0, 0.05) is 6.61 Å². The minimum absolute atomic E-state index is 0.00458. The van der Waals surface area contributed by atoms with Crippen LogP contribution in [0.15, 0.2) is 24.3 Å². The lowest BCUT2D eigenvalue weighted by Crippen LogP contribution is -2.43. The number of hydrogen-bond acceptors (Lipinski definition) is 3. The number of rotatable bonds is 6. The Hall–Kier alpha value is -0.843. The van der Waals surface area contributed by atoms with Crippen molar-refractivity contribution in [2.75, 3.05) is 13.2 Å². The van der Waals surface area contributed by atoms with Gasteiger partial charge >= 0.3 is 0 Å². The zero-order valence-corrected chi connectivity index (χ0v) is 16.4. The lowest BCUT2D eigenvalue weighted by atomic mass is 10.1. The zero-order valence-electron chi connectivity index (χ0n) is 15.4. The molecule has 23 heavy (non-hydrogen) atoms. The van der Waals surface area contributed by atoms with Crippen LogP contribution >= 0.6 is 0 Å². The van der Waals surface area contributed by atoms with Crippen molar-refractivity contribution in [2.45, 2.75) is 70.9 Å². The second kappa shape index (κ2) is 7.82. The van der Waals surface area contributed by atoms with Crippen LogP contribution in [0.5, 0.6) is 5.75 Å². The summed E-state index contributed by atoms with van der Waals surface area (Å²) in [7, 11) is -1.75. The van der Waals surface area contributed by atoms with Crippen LogP contribution in [-0.4, -0.2) is 27.8 Å². The highest BCUT2D eigenvalue weighted by Crippen LogP contribution is 2.37. The van der Waals surface area contributed by atoms with Gasteiger partial charge < -0.3 is 13.9 Å². The Bertz CT molecular complexity index is 470. The molecule has 4 heteroatoms. The summed E-state index contributed by atoms with van der Waals surface area (Å²) in [6, 6.07) is 8.47. The first-order valence-corrected chi connectivity index (χ1v) is 11.7. The van der Waals surface area contributed by atoms with Crippen molar-refractivity contribution in [3.63, 3.8) is 0 Å². The largest absolute Gasteiger partial charge is 0.544 e. The molecule has 1 aliphatic heterocycles. The number of benzene rings is 1. The lowest BCUT2D eigenvalue weighted by molar-refractivity contribution is -0.161. The molecule has 0 amide bonds. The molecule has 2 rings (SSSR count). The quantitative estimate of drug-likeness (QED) is 0.672. The van der Waals surface area contributed by atoms with Gasteiger partial charge in [-0.1, -0.05) is 32.9 Å². The Morgan fingerprint density at radius 3 is 2.39 bits per heavy atom. The minimum Gasteiger partial charge on any atom is -0.544 e. The third-order valence-electron chi connectivity index (χ3n) is 4.93. The van der Waals surface area contributed by atoms with Gasteiger partial charge in [-0.15, -0.1) is 0 Å². The smallest absolute Gasteiger partial charge is 0.250 e. The maximum Gasteiger partial charge on any atom is 0.250 e. The van der Waals surface area contributed by atoms with E-state index in [9.17, 15) is 0 Å². The molecule has 1 aromatic carbocycles. The van der Waals surface area contributed by atoms with E-state index in [-0.39, 0.29) is 11.3 Å². The molecule has 0 aliphatic carbocycles. The van der Waals surface area contributed by atoms with E-state index in [1.165, 1.54) is 12.0 Å². The molecule has 1 aliphatic rings. The van der Waals surface area contributed by atoms with Gasteiger partial charge in [-0.3, -0.25) is 0 Å². The molecule has 1 atom stereocenters. The Kier molecular flexibility index (Phi) is 6.29. The van der Waals surface area contributed by atoms with Crippen LogP contribution in [0.2, 0.25) is 18.1 Å². The van der Waals surface area contributed by atoms with Crippen molar-refractivity contribution in [2.24, 2.45) is 0 Å². The van der Waals surface area contributed by atoms with Crippen molar-refractivity contribution < 1.29 is 13.9 Å². The van der Waals surface area contributed by atoms with Gasteiger partial charge in [-0.05, 0) is 61.5 Å². The van der Waals surface area contributed by atoms with E-state index in [1.54, 1.807) is 0 Å². The molecule has 1 heterocycles. The predicted molar refractivity (Wildman–Crippen MR) is 97.5 cm³/mol. The molecule has 1 aromatic rings. The normalized spacial score (nSPS) is 19.6. The molecule has 0 bridgehead atoms. The van der Waals surface area contributed by atoms with Gasteiger partial charge in [-0.2, -0.15) is 0 Å². The van der Waals surface area contributed by atoms with Crippen molar-refractivity contribution in [3.8, 4) is 5.75 Å². The van der Waals surface area contributed by atoms with Gasteiger partial charge in [0.25, 0.3) is 0 Å². The maximum absolute atomic E-state index is 6.31. The first-order valence-electron chi connectivity index (χ1n) is 8.79. The molecule has 130 valence electrons. The van der Waals surface area contributed by atoms with Gasteiger partial charge in [0.1, 0.15) is 5.75 Å². The fourth-order valence-corrected chi connectivity index (χ4v) is 3.35. The summed E-state index contributed by atoms with van der Waals surface area (Å²) >= 11 is 0. The summed E-state index contributed by atoms with van der Waals surface area (Å²) < 4.78 is 17.7. The third kappa shape index (κ3) is 5.62. The molecule has 3 nitrogen and oxygen atoms in total. The summed E-state index contributed by atoms with van der Waals surface area (Å²) in [4.78, 5) is 0. The molecule has 0 N–H and O–H groups in total. The molecule has 1 saturated heterocycles. The van der Waals surface area contributed by atoms with Gasteiger partial charge in [0.15, 0.2) is 6.29 Å². The van der Waals surface area contributed by atoms with Crippen molar-refractivity contribution in [1.82, 2.24) is 0 Å². The fraction of sp³-hybridized carbons (Fsp3) is 0.684. The first-order chi connectivity index (χ1) is 10.8. The molecule has 0 saturated carbocycles. The number of hydrogen-bond donors (Lipinski definition) is 0. The molecule has 1 unspecified atom stereocenters. The first kappa shape index (κ1) is 18.5. The number of ether oxygens (including phenoxy) is 2. The van der Waals surface area contributed by atoms with Crippen LogP contribution in [0, 0.1) is 0 Å². The molecule has 0 radical (unpaired) electrons. The SMILES string of the molecule is CC(C)(C)[Si](C)(C)Oc1ccc(CCOC2CCCCO2)cc1. The van der Waals surface area contributed by atoms with Crippen molar-refractivity contribution in [1.29, 1.82) is 0 Å². The predicted octanol–water partition coefficient (Wildman–Crippen LogP) is 5.16. The third-order valence-corrected chi connectivity index (χ3v) is 9.29. The summed E-state index contributed by atoms with van der Waals surface area (Å²) in [6.07, 6.45) is 4.32. The van der Waals surface area contributed by atoms with E-state index in [0.29, 0.717) is 6.61 Å². The Balaban J connectivity index is 1.80. The van der Waals surface area contributed by atoms with E-state index in [4.69, 9.17) is 13.9 Å². The zero-order chi connectivity index (χ0) is 16.9. The molecular formula is C19H32O3Si. The summed E-state index contributed by atoms with van der Waals surface area (Å²) in [5.74, 6) is 0.983. The summed E-state index contributed by atoms with van der Waals surface area (Å²) in [5.41, 5.74) is 1.28. The van der Waals surface area contributed by atoms with Crippen LogP contribution in [0.4, 0.5) is 0 Å². The highest BCUT2D eigenvalue weighted by molar-refractivity contribution is 6.74. The summed E-state index contributed by atoms with van der Waals surface area (Å²) in [5, 5.41) is 0.222. The fourth-order valence-electron chi connectivity index (χ4n) is 2.32. The topological polar surface area (TPSA) is 27.7 Å². The molecule has 0 spiro atoms. The van der Waals surface area contributed by atoms with Crippen LogP contribution in [-0.2, 0) is 15.9 Å². The van der Waals surface area contributed by atoms with Crippen molar-refractivity contribution >= 4 is 8.32 Å². The lowest BCUT2D eigenvalue weighted by Gasteiger charge is -2.36. The van der Waals surface area contributed by atoms with Crippen LogP contribution < -0.4 is 4.43 Å². The highest BCUT2D eigenvalue weighted by atomic mass is 28.4. The van der Waals surface area contributed by atoms with Gasteiger partial charge in [0.05, 0.1) is 6.61 Å². The maximum atomic E-state index is 6.31. The molecule has 0 aromatic heterocycles. The average Bonchev–Trinajstić information content (AvgIpc) is 2.49. The van der Waals surface area contributed by atoms with Gasteiger partial charge in [0.2, 0.25) is 8.32 Å². The van der Waals surface area contributed by atoms with Crippen molar-refractivity contribution in [3.05, 3.63) is 29.8 Å². The van der Waals surface area contributed by atoms with Crippen LogP contribution in [0.3, 0.4) is 0 Å². The van der Waals surface area contributed by atoms with E-state index >= 15 is 0 Å². The summed E-state index contributed by atoms with van der Waals surface area (Å²) in [6.45, 7) is 12.9. The minimum atomic E-state index is -1.75. The van der Waals surface area contributed by atoms with E-state index in [0.717, 1.165) is 31.6 Å². The van der Waals surface area contributed by atoms with E-state index in [1.807, 2.05) is 0 Å². The second-order valence-electron chi connectivity index (χ2n) is 7.92. The second-order valence-corrected chi connectivity index (χ2v) is 12.6. The van der Waals surface area contributed by atoms with Gasteiger partial charge in [-0.25, -0.2) is 0 Å². The molecular weight excluding hydrogens is 304 g/mol. The van der Waals surface area contributed by atoms with E-state index in [2.05, 4.69) is 58.1 Å². The Morgan fingerprint density at radius 2 is 1.83 bits per heavy atom.